The summed E-state index contributed by atoms with van der Waals surface area (Å²) in [6.45, 7) is 12.1. The van der Waals surface area contributed by atoms with E-state index in [-0.39, 0.29) is 12.1 Å². The van der Waals surface area contributed by atoms with E-state index in [1.807, 2.05) is 20.8 Å². The molecule has 6 heteroatoms. The van der Waals surface area contributed by atoms with Crippen molar-refractivity contribution in [1.29, 1.82) is 0 Å². The first-order valence-corrected chi connectivity index (χ1v) is 8.95. The molecule has 0 aromatic rings. The summed E-state index contributed by atoms with van der Waals surface area (Å²) in [6, 6.07) is 0.0134. The van der Waals surface area contributed by atoms with Crippen LogP contribution in [0.25, 0.3) is 0 Å². The highest BCUT2D eigenvalue weighted by Gasteiger charge is 2.36. The molecule has 0 amide bonds. The van der Waals surface area contributed by atoms with Crippen molar-refractivity contribution in [2.45, 2.75) is 52.1 Å². The van der Waals surface area contributed by atoms with Crippen molar-refractivity contribution in [3.63, 3.8) is 0 Å². The third-order valence-electron chi connectivity index (χ3n) is 3.68. The molecule has 1 atom stereocenters. The molecule has 0 saturated carbocycles. The number of hydrogen-bond acceptors (Lipinski definition) is 3. The minimum absolute atomic E-state index is 0.0558. The predicted molar refractivity (Wildman–Crippen MR) is 83.8 cm³/mol. The quantitative estimate of drug-likeness (QED) is 0.693. The summed E-state index contributed by atoms with van der Waals surface area (Å²) in [5, 5.41) is 3.28. The lowest BCUT2D eigenvalue weighted by atomic mass is 10.1. The Morgan fingerprint density at radius 1 is 1.45 bits per heavy atom. The molecule has 20 heavy (non-hydrogen) atoms. The number of likely N-dealkylation sites (N-methyl/N-ethyl adjacent to an activating group) is 1. The smallest absolute Gasteiger partial charge is 0.282 e. The van der Waals surface area contributed by atoms with E-state index in [2.05, 4.69) is 11.9 Å². The third kappa shape index (κ3) is 4.28. The van der Waals surface area contributed by atoms with Crippen molar-refractivity contribution in [2.24, 2.45) is 0 Å². The van der Waals surface area contributed by atoms with Gasteiger partial charge in [0.2, 0.25) is 0 Å². The molecule has 1 heterocycles. The zero-order valence-corrected chi connectivity index (χ0v) is 13.8. The summed E-state index contributed by atoms with van der Waals surface area (Å²) in [5.41, 5.74) is 0. The molecule has 1 aliphatic heterocycles. The number of nitrogens with one attached hydrogen (secondary N) is 1. The van der Waals surface area contributed by atoms with Crippen LogP contribution in [0.4, 0.5) is 0 Å². The van der Waals surface area contributed by atoms with Crippen molar-refractivity contribution in [2.75, 3.05) is 26.2 Å². The molecule has 0 spiro atoms. The van der Waals surface area contributed by atoms with Gasteiger partial charge in [-0.1, -0.05) is 19.4 Å². The second-order valence-corrected chi connectivity index (χ2v) is 7.36. The highest BCUT2D eigenvalue weighted by atomic mass is 32.2. The highest BCUT2D eigenvalue weighted by Crippen LogP contribution is 2.23. The monoisotopic (exact) mass is 303 g/mol. The summed E-state index contributed by atoms with van der Waals surface area (Å²) < 4.78 is 28.9. The second kappa shape index (κ2) is 8.12. The van der Waals surface area contributed by atoms with Crippen LogP contribution in [0, 0.1) is 0 Å². The molecule has 1 saturated heterocycles. The lowest BCUT2D eigenvalue weighted by Crippen LogP contribution is -2.55. The maximum Gasteiger partial charge on any atom is 0.282 e. The standard InChI is InChI=1S/C14H29N3O2S/c1-5-10-16(13(3)4)20(18,19)17-11-8-7-9-14(17)12-15-6-2/h5,13-15H,1,6-12H2,2-4H3. The summed E-state index contributed by atoms with van der Waals surface area (Å²) in [6.07, 6.45) is 4.64. The summed E-state index contributed by atoms with van der Waals surface area (Å²) in [7, 11) is -3.41. The number of piperidine rings is 1. The van der Waals surface area contributed by atoms with Gasteiger partial charge in [-0.05, 0) is 33.2 Å². The van der Waals surface area contributed by atoms with Gasteiger partial charge in [0.05, 0.1) is 0 Å². The van der Waals surface area contributed by atoms with Crippen LogP contribution in [0.5, 0.6) is 0 Å². The van der Waals surface area contributed by atoms with E-state index in [9.17, 15) is 8.42 Å². The molecule has 1 unspecified atom stereocenters. The zero-order valence-electron chi connectivity index (χ0n) is 13.0. The van der Waals surface area contributed by atoms with Gasteiger partial charge in [0.25, 0.3) is 10.2 Å². The van der Waals surface area contributed by atoms with Gasteiger partial charge in [-0.25, -0.2) is 0 Å². The number of nitrogens with zero attached hydrogens (tertiary/aromatic N) is 2. The fourth-order valence-corrected chi connectivity index (χ4v) is 4.64. The maximum atomic E-state index is 12.9. The normalized spacial score (nSPS) is 21.6. The lowest BCUT2D eigenvalue weighted by Gasteiger charge is -2.39. The molecule has 1 rings (SSSR count). The van der Waals surface area contributed by atoms with E-state index >= 15 is 0 Å². The van der Waals surface area contributed by atoms with Gasteiger partial charge < -0.3 is 5.32 Å². The van der Waals surface area contributed by atoms with Crippen LogP contribution in [-0.2, 0) is 10.2 Å². The molecule has 0 aliphatic carbocycles. The Kier molecular flexibility index (Phi) is 7.15. The third-order valence-corrected chi connectivity index (χ3v) is 5.92. The van der Waals surface area contributed by atoms with Crippen molar-refractivity contribution >= 4 is 10.2 Å². The van der Waals surface area contributed by atoms with Crippen LogP contribution in [-0.4, -0.2) is 55.3 Å². The Bertz CT molecular complexity index is 395. The molecule has 5 nitrogen and oxygen atoms in total. The van der Waals surface area contributed by atoms with E-state index < -0.39 is 10.2 Å². The lowest BCUT2D eigenvalue weighted by molar-refractivity contribution is 0.222. The minimum atomic E-state index is -3.41. The minimum Gasteiger partial charge on any atom is -0.315 e. The molecule has 0 bridgehead atoms. The van der Waals surface area contributed by atoms with Crippen molar-refractivity contribution in [1.82, 2.24) is 13.9 Å². The molecule has 0 aromatic carbocycles. The van der Waals surface area contributed by atoms with Crippen LogP contribution < -0.4 is 5.32 Å². The maximum absolute atomic E-state index is 12.9. The Morgan fingerprint density at radius 3 is 2.70 bits per heavy atom. The first kappa shape index (κ1) is 17.6. The van der Waals surface area contributed by atoms with E-state index in [1.54, 1.807) is 10.4 Å². The summed E-state index contributed by atoms with van der Waals surface area (Å²) >= 11 is 0. The van der Waals surface area contributed by atoms with Crippen molar-refractivity contribution in [3.05, 3.63) is 12.7 Å². The Hall–Kier alpha value is -0.430. The van der Waals surface area contributed by atoms with Gasteiger partial charge in [0.15, 0.2) is 0 Å². The zero-order chi connectivity index (χ0) is 15.2. The average Bonchev–Trinajstić information content (AvgIpc) is 2.42. The molecular weight excluding hydrogens is 274 g/mol. The van der Waals surface area contributed by atoms with Gasteiger partial charge in [0, 0.05) is 31.7 Å². The van der Waals surface area contributed by atoms with Crippen LogP contribution in [0.1, 0.15) is 40.0 Å². The molecule has 1 fully saturated rings. The van der Waals surface area contributed by atoms with Gasteiger partial charge in [-0.2, -0.15) is 17.0 Å². The van der Waals surface area contributed by atoms with Gasteiger partial charge in [-0.3, -0.25) is 0 Å². The van der Waals surface area contributed by atoms with E-state index in [4.69, 9.17) is 0 Å². The predicted octanol–water partition coefficient (Wildman–Crippen LogP) is 1.59. The van der Waals surface area contributed by atoms with Crippen molar-refractivity contribution in [3.8, 4) is 0 Å². The largest absolute Gasteiger partial charge is 0.315 e. The summed E-state index contributed by atoms with van der Waals surface area (Å²) in [4.78, 5) is 0. The fourth-order valence-electron chi connectivity index (χ4n) is 2.63. The van der Waals surface area contributed by atoms with E-state index in [0.29, 0.717) is 13.1 Å². The SMILES string of the molecule is C=CCN(C(C)C)S(=O)(=O)N1CCCCC1CNCC. The van der Waals surface area contributed by atoms with Crippen LogP contribution in [0.3, 0.4) is 0 Å². The highest BCUT2D eigenvalue weighted by molar-refractivity contribution is 7.86. The fraction of sp³-hybridized carbons (Fsp3) is 0.857. The van der Waals surface area contributed by atoms with Gasteiger partial charge >= 0.3 is 0 Å². The van der Waals surface area contributed by atoms with E-state index in [0.717, 1.165) is 32.4 Å². The first-order chi connectivity index (χ1) is 9.45. The van der Waals surface area contributed by atoms with E-state index in [1.165, 1.54) is 4.31 Å². The Balaban J connectivity index is 2.92. The van der Waals surface area contributed by atoms with Crippen LogP contribution >= 0.6 is 0 Å². The molecular formula is C14H29N3O2S. The average molecular weight is 303 g/mol. The molecule has 0 radical (unpaired) electrons. The molecule has 0 aromatic heterocycles. The van der Waals surface area contributed by atoms with Crippen molar-refractivity contribution < 1.29 is 8.42 Å². The molecule has 1 aliphatic rings. The summed E-state index contributed by atoms with van der Waals surface area (Å²) in [5.74, 6) is 0. The molecule has 1 N–H and O–H groups in total. The van der Waals surface area contributed by atoms with Crippen LogP contribution in [0.15, 0.2) is 12.7 Å². The van der Waals surface area contributed by atoms with Gasteiger partial charge in [0.1, 0.15) is 0 Å². The topological polar surface area (TPSA) is 52.7 Å². The first-order valence-electron chi connectivity index (χ1n) is 7.55. The molecule has 118 valence electrons. The number of rotatable bonds is 8. The van der Waals surface area contributed by atoms with Gasteiger partial charge in [-0.15, -0.1) is 6.58 Å². The van der Waals surface area contributed by atoms with Crippen LogP contribution in [0.2, 0.25) is 0 Å². The Morgan fingerprint density at radius 2 is 2.15 bits per heavy atom. The second-order valence-electron chi connectivity index (χ2n) is 5.53. The number of hydrogen-bond donors (Lipinski definition) is 1. The Labute approximate surface area is 124 Å².